The van der Waals surface area contributed by atoms with Crippen molar-refractivity contribution in [2.75, 3.05) is 18.4 Å². The van der Waals surface area contributed by atoms with Crippen LogP contribution in [0.3, 0.4) is 0 Å². The summed E-state index contributed by atoms with van der Waals surface area (Å²) >= 11 is 6.05. The molecule has 2 aliphatic carbocycles. The lowest BCUT2D eigenvalue weighted by atomic mass is 9.77. The number of aromatic nitrogens is 1. The topological polar surface area (TPSA) is 145 Å². The van der Waals surface area contributed by atoms with Gasteiger partial charge in [0.15, 0.2) is 11.6 Å². The second-order valence-corrected chi connectivity index (χ2v) is 14.2. The third kappa shape index (κ3) is 5.05. The van der Waals surface area contributed by atoms with Crippen molar-refractivity contribution in [3.63, 3.8) is 0 Å². The molecule has 1 aromatic heterocycles. The van der Waals surface area contributed by atoms with Gasteiger partial charge in [0, 0.05) is 25.2 Å². The lowest BCUT2D eigenvalue weighted by Gasteiger charge is -2.39. The first-order valence-corrected chi connectivity index (χ1v) is 15.0. The summed E-state index contributed by atoms with van der Waals surface area (Å²) in [5.41, 5.74) is -2.90. The minimum atomic E-state index is -5.26. The van der Waals surface area contributed by atoms with E-state index in [4.69, 9.17) is 16.3 Å². The Kier molecular flexibility index (Phi) is 7.26. The van der Waals surface area contributed by atoms with E-state index >= 15 is 4.39 Å². The van der Waals surface area contributed by atoms with Crippen molar-refractivity contribution in [2.45, 2.75) is 76.1 Å². The van der Waals surface area contributed by atoms with E-state index in [-0.39, 0.29) is 47.8 Å². The molecule has 4 fully saturated rings. The maximum Gasteiger partial charge on any atom is 0.471 e. The van der Waals surface area contributed by atoms with Crippen LogP contribution >= 0.6 is 11.6 Å². The molecule has 16 heteroatoms. The molecule has 1 spiro atoms. The molecule has 2 bridgehead atoms. The molecule has 4 heterocycles. The van der Waals surface area contributed by atoms with E-state index in [1.165, 1.54) is 33.0 Å². The fourth-order valence-electron chi connectivity index (χ4n) is 7.98. The van der Waals surface area contributed by atoms with Crippen molar-refractivity contribution in [3.05, 3.63) is 17.3 Å². The smallest absolute Gasteiger partial charge is 0.471 e. The van der Waals surface area contributed by atoms with Crippen molar-refractivity contribution >= 4 is 41.0 Å². The van der Waals surface area contributed by atoms with Gasteiger partial charge in [-0.05, 0) is 41.9 Å². The zero-order valence-corrected chi connectivity index (χ0v) is 25.3. The molecule has 5 aliphatic rings. The fourth-order valence-corrected chi connectivity index (χ4v) is 8.12. The molecule has 9 atom stereocenters. The van der Waals surface area contributed by atoms with Gasteiger partial charge in [-0.15, -0.1) is 0 Å². The van der Waals surface area contributed by atoms with Gasteiger partial charge in [0.1, 0.15) is 24.3 Å². The first kappa shape index (κ1) is 31.3. The van der Waals surface area contributed by atoms with E-state index in [2.05, 4.69) is 10.3 Å². The van der Waals surface area contributed by atoms with Crippen LogP contribution in [0.1, 0.15) is 40.0 Å². The zero-order chi connectivity index (χ0) is 32.8. The van der Waals surface area contributed by atoms with Crippen LogP contribution in [0.4, 0.5) is 23.4 Å². The number of anilines is 1. The number of hydrogen-bond donors (Lipinski definition) is 2. The first-order valence-electron chi connectivity index (χ1n) is 14.6. The van der Waals surface area contributed by atoms with E-state index in [1.807, 2.05) is 6.07 Å². The second kappa shape index (κ2) is 10.4. The Hall–Kier alpha value is -3.67. The lowest BCUT2D eigenvalue weighted by molar-refractivity contribution is -0.176. The molecular formula is C29H31ClF4N6O5. The number of nitrogens with one attached hydrogen (secondary N) is 2. The van der Waals surface area contributed by atoms with E-state index in [9.17, 15) is 37.6 Å². The number of hydrogen-bond acceptors (Lipinski definition) is 7. The number of carbonyl (C=O) groups is 4. The van der Waals surface area contributed by atoms with Crippen LogP contribution in [0, 0.1) is 40.4 Å². The van der Waals surface area contributed by atoms with Crippen LogP contribution in [-0.2, 0) is 19.2 Å². The molecule has 3 aliphatic heterocycles. The summed E-state index contributed by atoms with van der Waals surface area (Å²) in [6, 6.07) is -0.728. The third-order valence-corrected chi connectivity index (χ3v) is 10.2. The first-order chi connectivity index (χ1) is 20.9. The highest BCUT2D eigenvalue weighted by Crippen LogP contribution is 2.59. The van der Waals surface area contributed by atoms with Gasteiger partial charge in [-0.2, -0.15) is 18.4 Å². The van der Waals surface area contributed by atoms with Gasteiger partial charge in [-0.3, -0.25) is 19.2 Å². The van der Waals surface area contributed by atoms with Crippen LogP contribution in [-0.4, -0.2) is 87.6 Å². The maximum absolute atomic E-state index is 15.2. The summed E-state index contributed by atoms with van der Waals surface area (Å²) in [4.78, 5) is 60.2. The number of nitriles is 1. The van der Waals surface area contributed by atoms with Gasteiger partial charge in [-0.25, -0.2) is 9.37 Å². The van der Waals surface area contributed by atoms with E-state index < -0.39 is 83.5 Å². The van der Waals surface area contributed by atoms with Crippen LogP contribution in [0.25, 0.3) is 0 Å². The number of alkyl halides is 4. The maximum atomic E-state index is 15.2. The number of nitrogens with zero attached hydrogens (tertiary/aromatic N) is 4. The van der Waals surface area contributed by atoms with Crippen molar-refractivity contribution < 1.29 is 41.5 Å². The molecule has 4 amide bonds. The molecule has 2 saturated carbocycles. The number of fused-ring (bicyclic) bond motifs is 6. The Morgan fingerprint density at radius 2 is 1.93 bits per heavy atom. The van der Waals surface area contributed by atoms with Crippen molar-refractivity contribution in [2.24, 2.45) is 29.1 Å². The summed E-state index contributed by atoms with van der Waals surface area (Å²) in [5, 5.41) is 14.7. The highest BCUT2D eigenvalue weighted by molar-refractivity contribution is 6.30. The molecule has 2 saturated heterocycles. The minimum Gasteiger partial charge on any atom is -0.471 e. The quantitative estimate of drug-likeness (QED) is 0.477. The van der Waals surface area contributed by atoms with Gasteiger partial charge in [0.2, 0.25) is 17.4 Å². The monoisotopic (exact) mass is 654 g/mol. The Morgan fingerprint density at radius 1 is 1.22 bits per heavy atom. The van der Waals surface area contributed by atoms with E-state index in [1.54, 1.807) is 5.32 Å². The molecule has 45 heavy (non-hydrogen) atoms. The largest absolute Gasteiger partial charge is 0.471 e. The van der Waals surface area contributed by atoms with Crippen molar-refractivity contribution in [1.29, 1.82) is 5.26 Å². The summed E-state index contributed by atoms with van der Waals surface area (Å²) in [6.45, 7) is 4.03. The Morgan fingerprint density at radius 3 is 2.58 bits per heavy atom. The third-order valence-electron chi connectivity index (χ3n) is 9.98. The van der Waals surface area contributed by atoms with E-state index in [0.717, 1.165) is 9.80 Å². The molecule has 1 aromatic rings. The van der Waals surface area contributed by atoms with Gasteiger partial charge >= 0.3 is 12.1 Å². The number of halogens is 5. The summed E-state index contributed by atoms with van der Waals surface area (Å²) < 4.78 is 61.0. The van der Waals surface area contributed by atoms with Crippen LogP contribution < -0.4 is 15.4 Å². The molecule has 0 aromatic carbocycles. The predicted octanol–water partition coefficient (Wildman–Crippen LogP) is 2.84. The van der Waals surface area contributed by atoms with Gasteiger partial charge in [0.05, 0.1) is 17.6 Å². The molecule has 242 valence electrons. The van der Waals surface area contributed by atoms with E-state index in [0.29, 0.717) is 6.42 Å². The highest BCUT2D eigenvalue weighted by atomic mass is 35.5. The Bertz CT molecular complexity index is 1510. The molecule has 2 N–H and O–H groups in total. The minimum absolute atomic E-state index is 0.0208. The average Bonchev–Trinajstić information content (AvgIpc) is 3.70. The summed E-state index contributed by atoms with van der Waals surface area (Å²) in [7, 11) is 0. The second-order valence-electron chi connectivity index (χ2n) is 13.7. The zero-order valence-electron chi connectivity index (χ0n) is 24.5. The number of ether oxygens (including phenoxy) is 1. The summed E-state index contributed by atoms with van der Waals surface area (Å²) in [5.74, 6) is -6.03. The standard InChI is InChI=1S/C29H31ClF4N6O5/c1-27(2,3)21(37-26(44)29(32,33)34)24(42)39-10-16-12-4-15(17(31)5-12)19(16)20(39)23(41)40-11-28(7-14(40)8-35)25(43)38-22-18(45-28)6-13(30)9-36-22/h6,9,12,14-17,19-21H,4-5,7,10-11H2,1-3H3,(H,37,44)(H,36,38,43). The normalized spacial score (nSPS) is 34.1. The molecule has 6 rings (SSSR count). The number of amides is 4. The predicted molar refractivity (Wildman–Crippen MR) is 148 cm³/mol. The van der Waals surface area contributed by atoms with Gasteiger partial charge in [0.25, 0.3) is 5.91 Å². The lowest BCUT2D eigenvalue weighted by Crippen LogP contribution is -2.61. The SMILES string of the molecule is CC(C)(C)C(NC(=O)C(F)(F)F)C(=O)N1CC2C3CC(F)C(C3)C2C1C(=O)N1CC2(CC1C#N)Oc1cc(Cl)cnc1NC2=O. The van der Waals surface area contributed by atoms with Crippen LogP contribution in [0.2, 0.25) is 5.02 Å². The molecule has 11 nitrogen and oxygen atoms in total. The number of likely N-dealkylation sites (tertiary alicyclic amines) is 2. The molecular weight excluding hydrogens is 624 g/mol. The number of rotatable bonds is 3. The van der Waals surface area contributed by atoms with Crippen molar-refractivity contribution in [1.82, 2.24) is 20.1 Å². The molecule has 0 radical (unpaired) electrons. The fraction of sp³-hybridized carbons (Fsp3) is 0.655. The van der Waals surface area contributed by atoms with Gasteiger partial charge < -0.3 is 25.2 Å². The number of pyridine rings is 1. The van der Waals surface area contributed by atoms with Crippen molar-refractivity contribution in [3.8, 4) is 11.8 Å². The number of carbonyl (C=O) groups excluding carboxylic acids is 4. The highest BCUT2D eigenvalue weighted by Gasteiger charge is 2.65. The molecule has 9 unspecified atom stereocenters. The Labute approximate surface area is 260 Å². The van der Waals surface area contributed by atoms with Crippen LogP contribution in [0.15, 0.2) is 12.3 Å². The van der Waals surface area contributed by atoms with Crippen LogP contribution in [0.5, 0.6) is 5.75 Å². The summed E-state index contributed by atoms with van der Waals surface area (Å²) in [6.07, 6.45) is -4.67. The van der Waals surface area contributed by atoms with Gasteiger partial charge in [-0.1, -0.05) is 32.4 Å². The average molecular weight is 655 g/mol. The Balaban J connectivity index is 1.35.